The average molecular weight is 413 g/mol. The van der Waals surface area contributed by atoms with Gasteiger partial charge < -0.3 is 15.0 Å². The highest BCUT2D eigenvalue weighted by molar-refractivity contribution is 5.88. The molecular weight excluding hydrogens is 383 g/mol. The van der Waals surface area contributed by atoms with Crippen LogP contribution in [0.5, 0.6) is 5.75 Å². The molecule has 2 aromatic rings. The van der Waals surface area contributed by atoms with Gasteiger partial charge >= 0.3 is 0 Å². The fourth-order valence-electron chi connectivity index (χ4n) is 3.68. The smallest absolute Gasteiger partial charge is 0.261 e. The summed E-state index contributed by atoms with van der Waals surface area (Å²) in [5, 5.41) is 3.09. The lowest BCUT2D eigenvalue weighted by molar-refractivity contribution is -0.142. The van der Waals surface area contributed by atoms with E-state index >= 15 is 0 Å². The Balaban J connectivity index is 1.68. The van der Waals surface area contributed by atoms with Crippen LogP contribution in [0.2, 0.25) is 0 Å². The number of hydrogen-bond acceptors (Lipinski definition) is 3. The fourth-order valence-corrected chi connectivity index (χ4v) is 3.68. The van der Waals surface area contributed by atoms with Gasteiger partial charge in [-0.1, -0.05) is 49.6 Å². The monoisotopic (exact) mass is 412 g/mol. The SMILES string of the molecule is CC(C(=O)NC1CCCCC1)N(Cc1ccc(F)cc1)C(=O)COc1ccccc1. The number of benzene rings is 2. The number of ether oxygens (including phenoxy) is 1. The fraction of sp³-hybridized carbons (Fsp3) is 0.417. The summed E-state index contributed by atoms with van der Waals surface area (Å²) in [6, 6.07) is 14.5. The molecule has 1 N–H and O–H groups in total. The van der Waals surface area contributed by atoms with Gasteiger partial charge in [-0.05, 0) is 49.6 Å². The van der Waals surface area contributed by atoms with Crippen LogP contribution in [0, 0.1) is 5.82 Å². The maximum atomic E-state index is 13.3. The Labute approximate surface area is 177 Å². The molecule has 2 aromatic carbocycles. The molecule has 6 heteroatoms. The van der Waals surface area contributed by atoms with Crippen LogP contribution in [0.1, 0.15) is 44.6 Å². The minimum Gasteiger partial charge on any atom is -0.484 e. The molecule has 1 atom stereocenters. The molecule has 1 saturated carbocycles. The van der Waals surface area contributed by atoms with Crippen LogP contribution in [0.3, 0.4) is 0 Å². The number of nitrogens with zero attached hydrogens (tertiary/aromatic N) is 1. The van der Waals surface area contributed by atoms with Crippen molar-refractivity contribution in [1.29, 1.82) is 0 Å². The van der Waals surface area contributed by atoms with Gasteiger partial charge in [-0.25, -0.2) is 4.39 Å². The van der Waals surface area contributed by atoms with Crippen molar-refractivity contribution >= 4 is 11.8 Å². The van der Waals surface area contributed by atoms with Crippen molar-refractivity contribution in [2.75, 3.05) is 6.61 Å². The van der Waals surface area contributed by atoms with Gasteiger partial charge in [0.25, 0.3) is 5.91 Å². The first-order valence-electron chi connectivity index (χ1n) is 10.5. The molecule has 0 aliphatic heterocycles. The van der Waals surface area contributed by atoms with Crippen LogP contribution in [0.4, 0.5) is 4.39 Å². The lowest BCUT2D eigenvalue weighted by Gasteiger charge is -2.31. The topological polar surface area (TPSA) is 58.6 Å². The normalized spacial score (nSPS) is 15.3. The van der Waals surface area contributed by atoms with Crippen LogP contribution >= 0.6 is 0 Å². The summed E-state index contributed by atoms with van der Waals surface area (Å²) < 4.78 is 18.9. The van der Waals surface area contributed by atoms with Gasteiger partial charge in [0.2, 0.25) is 5.91 Å². The third kappa shape index (κ3) is 6.31. The third-order valence-corrected chi connectivity index (χ3v) is 5.49. The first-order chi connectivity index (χ1) is 14.5. The predicted molar refractivity (Wildman–Crippen MR) is 113 cm³/mol. The van der Waals surface area contributed by atoms with E-state index in [4.69, 9.17) is 4.74 Å². The van der Waals surface area contributed by atoms with Crippen LogP contribution < -0.4 is 10.1 Å². The van der Waals surface area contributed by atoms with Gasteiger partial charge in [0.15, 0.2) is 6.61 Å². The van der Waals surface area contributed by atoms with E-state index in [1.54, 1.807) is 31.2 Å². The van der Waals surface area contributed by atoms with Crippen molar-refractivity contribution in [3.8, 4) is 5.75 Å². The Hall–Kier alpha value is -2.89. The highest BCUT2D eigenvalue weighted by atomic mass is 19.1. The summed E-state index contributed by atoms with van der Waals surface area (Å²) in [6.07, 6.45) is 5.38. The Kier molecular flexibility index (Phi) is 7.82. The molecule has 2 amide bonds. The number of halogens is 1. The summed E-state index contributed by atoms with van der Waals surface area (Å²) in [5.74, 6) is -0.217. The zero-order chi connectivity index (χ0) is 21.3. The summed E-state index contributed by atoms with van der Waals surface area (Å²) in [4.78, 5) is 27.3. The van der Waals surface area contributed by atoms with Gasteiger partial charge in [0, 0.05) is 12.6 Å². The molecule has 30 heavy (non-hydrogen) atoms. The summed E-state index contributed by atoms with van der Waals surface area (Å²) in [5.41, 5.74) is 0.752. The van der Waals surface area contributed by atoms with E-state index in [-0.39, 0.29) is 36.8 Å². The Bertz CT molecular complexity index is 820. The van der Waals surface area contributed by atoms with Crippen LogP contribution in [0.25, 0.3) is 0 Å². The van der Waals surface area contributed by atoms with E-state index in [9.17, 15) is 14.0 Å². The van der Waals surface area contributed by atoms with E-state index in [0.29, 0.717) is 5.75 Å². The van der Waals surface area contributed by atoms with Crippen LogP contribution in [-0.4, -0.2) is 35.4 Å². The molecular formula is C24H29FN2O3. The zero-order valence-electron chi connectivity index (χ0n) is 17.4. The van der Waals surface area contributed by atoms with Crippen LogP contribution in [0.15, 0.2) is 54.6 Å². The molecule has 1 aliphatic carbocycles. The van der Waals surface area contributed by atoms with E-state index in [0.717, 1.165) is 31.2 Å². The highest BCUT2D eigenvalue weighted by Crippen LogP contribution is 2.18. The molecule has 160 valence electrons. The minimum absolute atomic E-state index is 0.164. The molecule has 0 radical (unpaired) electrons. The van der Waals surface area contributed by atoms with E-state index in [1.165, 1.54) is 23.5 Å². The molecule has 0 spiro atoms. The maximum absolute atomic E-state index is 13.3. The van der Waals surface area contributed by atoms with Gasteiger partial charge in [-0.15, -0.1) is 0 Å². The predicted octanol–water partition coefficient (Wildman–Crippen LogP) is 4.07. The molecule has 1 aliphatic rings. The summed E-state index contributed by atoms with van der Waals surface area (Å²) >= 11 is 0. The molecule has 3 rings (SSSR count). The largest absolute Gasteiger partial charge is 0.484 e. The van der Waals surface area contributed by atoms with Gasteiger partial charge in [0.1, 0.15) is 17.6 Å². The molecule has 0 aromatic heterocycles. The van der Waals surface area contributed by atoms with Crippen molar-refractivity contribution in [2.45, 2.75) is 57.7 Å². The number of carbonyl (C=O) groups is 2. The third-order valence-electron chi connectivity index (χ3n) is 5.49. The number of hydrogen-bond donors (Lipinski definition) is 1. The first kappa shape index (κ1) is 21.8. The minimum atomic E-state index is -0.663. The number of nitrogens with one attached hydrogen (secondary N) is 1. The van der Waals surface area contributed by atoms with E-state index in [2.05, 4.69) is 5.32 Å². The highest BCUT2D eigenvalue weighted by Gasteiger charge is 2.28. The lowest BCUT2D eigenvalue weighted by Crippen LogP contribution is -2.51. The first-order valence-corrected chi connectivity index (χ1v) is 10.5. The van der Waals surface area contributed by atoms with Gasteiger partial charge in [0.05, 0.1) is 0 Å². The van der Waals surface area contributed by atoms with Crippen molar-refractivity contribution in [3.05, 3.63) is 66.0 Å². The Morgan fingerprint density at radius 2 is 1.73 bits per heavy atom. The average Bonchev–Trinajstić information content (AvgIpc) is 2.78. The van der Waals surface area contributed by atoms with Gasteiger partial charge in [-0.2, -0.15) is 0 Å². The number of carbonyl (C=O) groups excluding carboxylic acids is 2. The molecule has 0 saturated heterocycles. The molecule has 1 fully saturated rings. The zero-order valence-corrected chi connectivity index (χ0v) is 17.4. The molecule has 0 bridgehead atoms. The van der Waals surface area contributed by atoms with Gasteiger partial charge in [-0.3, -0.25) is 9.59 Å². The Morgan fingerprint density at radius 1 is 1.07 bits per heavy atom. The standard InChI is InChI=1S/C24H29FN2O3/c1-18(24(29)26-21-8-4-2-5-9-21)27(16-19-12-14-20(25)15-13-19)23(28)17-30-22-10-6-3-7-11-22/h3,6-7,10-15,18,21H,2,4-5,8-9,16-17H2,1H3,(H,26,29). The van der Waals surface area contributed by atoms with E-state index in [1.807, 2.05) is 18.2 Å². The second kappa shape index (κ2) is 10.8. The Morgan fingerprint density at radius 3 is 2.40 bits per heavy atom. The van der Waals surface area contributed by atoms with Crippen molar-refractivity contribution in [2.24, 2.45) is 0 Å². The summed E-state index contributed by atoms with van der Waals surface area (Å²) in [6.45, 7) is 1.75. The quantitative estimate of drug-likeness (QED) is 0.711. The molecule has 0 heterocycles. The lowest BCUT2D eigenvalue weighted by atomic mass is 9.95. The van der Waals surface area contributed by atoms with Crippen LogP contribution in [-0.2, 0) is 16.1 Å². The second-order valence-corrected chi connectivity index (χ2v) is 7.77. The second-order valence-electron chi connectivity index (χ2n) is 7.77. The number of amides is 2. The van der Waals surface area contributed by atoms with Crippen molar-refractivity contribution < 1.29 is 18.7 Å². The summed E-state index contributed by atoms with van der Waals surface area (Å²) in [7, 11) is 0. The van der Waals surface area contributed by atoms with Crippen molar-refractivity contribution in [3.63, 3.8) is 0 Å². The number of rotatable bonds is 8. The number of para-hydroxylation sites is 1. The van der Waals surface area contributed by atoms with E-state index < -0.39 is 6.04 Å². The van der Waals surface area contributed by atoms with Crippen molar-refractivity contribution in [1.82, 2.24) is 10.2 Å². The molecule has 5 nitrogen and oxygen atoms in total. The molecule has 1 unspecified atom stereocenters. The maximum Gasteiger partial charge on any atom is 0.261 e.